The van der Waals surface area contributed by atoms with Crippen LogP contribution >= 0.6 is 23.2 Å². The third-order valence-electron chi connectivity index (χ3n) is 6.75. The van der Waals surface area contributed by atoms with Gasteiger partial charge in [0.25, 0.3) is 5.56 Å². The van der Waals surface area contributed by atoms with Gasteiger partial charge in [0.05, 0.1) is 29.8 Å². The molecule has 0 aliphatic carbocycles. The lowest BCUT2D eigenvalue weighted by Crippen LogP contribution is -2.59. The van der Waals surface area contributed by atoms with Crippen LogP contribution in [0.25, 0.3) is 22.2 Å². The largest absolute Gasteiger partial charge is 0.495 e. The molecule has 0 radical (unpaired) electrons. The van der Waals surface area contributed by atoms with Crippen molar-refractivity contribution in [3.05, 3.63) is 51.4 Å². The lowest BCUT2D eigenvalue weighted by Gasteiger charge is -2.45. The number of pyridine rings is 1. The molecule has 198 valence electrons. The first-order valence-electron chi connectivity index (χ1n) is 12.1. The molecule has 1 aliphatic rings. The zero-order valence-corrected chi connectivity index (χ0v) is 23.1. The van der Waals surface area contributed by atoms with Gasteiger partial charge in [-0.15, -0.1) is 6.58 Å². The normalized spacial score (nSPS) is 14.1. The predicted octanol–water partition coefficient (Wildman–Crippen LogP) is 4.02. The Morgan fingerprint density at radius 2 is 1.89 bits per heavy atom. The van der Waals surface area contributed by atoms with Crippen LogP contribution in [-0.2, 0) is 6.54 Å². The molecule has 37 heavy (non-hydrogen) atoms. The van der Waals surface area contributed by atoms with Crippen LogP contribution in [0.3, 0.4) is 0 Å². The van der Waals surface area contributed by atoms with E-state index in [1.807, 2.05) is 6.08 Å². The van der Waals surface area contributed by atoms with Crippen molar-refractivity contribution in [3.8, 4) is 22.6 Å². The molecule has 0 bridgehead atoms. The Morgan fingerprint density at radius 3 is 2.46 bits per heavy atom. The van der Waals surface area contributed by atoms with Gasteiger partial charge >= 0.3 is 0 Å². The number of nitrogens with one attached hydrogen (secondary N) is 1. The molecular formula is C26H32Cl2N6O3. The summed E-state index contributed by atoms with van der Waals surface area (Å²) in [5.41, 5.74) is 0.951. The fraction of sp³-hybridized carbons (Fsp3) is 0.423. The van der Waals surface area contributed by atoms with Gasteiger partial charge in [-0.3, -0.25) is 19.2 Å². The summed E-state index contributed by atoms with van der Waals surface area (Å²) >= 11 is 13.4. The minimum absolute atomic E-state index is 0.232. The molecule has 0 unspecified atom stereocenters. The Labute approximate surface area is 226 Å². The van der Waals surface area contributed by atoms with Crippen LogP contribution in [-0.4, -0.2) is 84.4 Å². The Balaban J connectivity index is 1.81. The number of likely N-dealkylation sites (tertiary alicyclic amines) is 1. The highest BCUT2D eigenvalue weighted by atomic mass is 35.5. The average molecular weight is 547 g/mol. The van der Waals surface area contributed by atoms with Gasteiger partial charge in [0, 0.05) is 69.0 Å². The molecule has 2 aromatic heterocycles. The monoisotopic (exact) mass is 546 g/mol. The van der Waals surface area contributed by atoms with Gasteiger partial charge in [-0.1, -0.05) is 36.2 Å². The molecule has 3 aromatic rings. The summed E-state index contributed by atoms with van der Waals surface area (Å²) in [5, 5.41) is 4.10. The molecular weight excluding hydrogens is 515 g/mol. The molecule has 11 heteroatoms. The number of anilines is 1. The second-order valence-electron chi connectivity index (χ2n) is 8.81. The molecule has 9 nitrogen and oxygen atoms in total. The number of fused-ring (bicyclic) bond motifs is 1. The highest BCUT2D eigenvalue weighted by Crippen LogP contribution is 2.45. The first kappa shape index (κ1) is 27.2. The summed E-state index contributed by atoms with van der Waals surface area (Å²) in [4.78, 5) is 27.7. The number of methoxy groups -OCH3 is 2. The van der Waals surface area contributed by atoms with Gasteiger partial charge in [-0.25, -0.2) is 4.98 Å². The fourth-order valence-electron chi connectivity index (χ4n) is 4.72. The van der Waals surface area contributed by atoms with E-state index in [0.717, 1.165) is 26.2 Å². The van der Waals surface area contributed by atoms with Gasteiger partial charge < -0.3 is 14.8 Å². The zero-order valence-electron chi connectivity index (χ0n) is 21.6. The Bertz CT molecular complexity index is 1330. The number of rotatable bonds is 11. The topological polar surface area (TPSA) is 84.8 Å². The van der Waals surface area contributed by atoms with Crippen molar-refractivity contribution in [2.45, 2.75) is 19.5 Å². The number of benzene rings is 1. The minimum atomic E-state index is -0.259. The molecule has 1 N–H and O–H groups in total. The first-order valence-corrected chi connectivity index (χ1v) is 12.9. The molecule has 0 atom stereocenters. The molecule has 0 saturated carbocycles. The summed E-state index contributed by atoms with van der Waals surface area (Å²) in [6.07, 6.45) is 3.61. The summed E-state index contributed by atoms with van der Waals surface area (Å²) in [5.74, 6) is 1.15. The molecule has 0 spiro atoms. The van der Waals surface area contributed by atoms with Crippen molar-refractivity contribution in [2.75, 3.05) is 59.3 Å². The molecule has 1 saturated heterocycles. The highest BCUT2D eigenvalue weighted by Gasteiger charge is 2.30. The molecule has 0 amide bonds. The number of aromatic nitrogens is 3. The SMILES string of the molecule is C=CCN1CC(N(CC)CCn2c(=O)c(-c3c(Cl)c(OC)cc(OC)c3Cl)cc3cnc(NC)nc32)C1. The Hall–Kier alpha value is -2.85. The smallest absolute Gasteiger partial charge is 0.260 e. The summed E-state index contributed by atoms with van der Waals surface area (Å²) in [7, 11) is 4.74. The van der Waals surface area contributed by atoms with Crippen molar-refractivity contribution in [1.82, 2.24) is 24.3 Å². The van der Waals surface area contributed by atoms with E-state index in [9.17, 15) is 4.79 Å². The summed E-state index contributed by atoms with van der Waals surface area (Å²) in [6.45, 7) is 10.8. The van der Waals surface area contributed by atoms with Crippen LogP contribution in [0.2, 0.25) is 10.0 Å². The fourth-order valence-corrected chi connectivity index (χ4v) is 5.42. The first-order chi connectivity index (χ1) is 17.9. The molecule has 1 aromatic carbocycles. The van der Waals surface area contributed by atoms with Gasteiger partial charge in [0.2, 0.25) is 5.95 Å². The maximum atomic E-state index is 14.0. The van der Waals surface area contributed by atoms with Crippen molar-refractivity contribution >= 4 is 40.2 Å². The number of halogens is 2. The third-order valence-corrected chi connectivity index (χ3v) is 7.50. The second-order valence-corrected chi connectivity index (χ2v) is 9.57. The van der Waals surface area contributed by atoms with Crippen molar-refractivity contribution in [2.24, 2.45) is 0 Å². The van der Waals surface area contributed by atoms with Crippen LogP contribution in [0.1, 0.15) is 6.92 Å². The number of likely N-dealkylation sites (N-methyl/N-ethyl adjacent to an activating group) is 1. The molecule has 1 aliphatic heterocycles. The number of ether oxygens (including phenoxy) is 2. The van der Waals surface area contributed by atoms with E-state index in [-0.39, 0.29) is 15.6 Å². The zero-order chi connectivity index (χ0) is 26.7. The van der Waals surface area contributed by atoms with Crippen LogP contribution < -0.4 is 20.3 Å². The van der Waals surface area contributed by atoms with Crippen molar-refractivity contribution in [3.63, 3.8) is 0 Å². The quantitative estimate of drug-likeness (QED) is 0.361. The standard InChI is InChI=1S/C26H32Cl2N6O3/c1-6-8-32-14-17(15-32)33(7-2)9-10-34-24-16(13-30-26(29-3)31-24)11-18(25(34)35)21-22(27)19(36-4)12-20(37-5)23(21)28/h6,11-13,17H,1,7-10,14-15H2,2-5H3,(H,29,30,31). The lowest BCUT2D eigenvalue weighted by molar-refractivity contribution is 0.0433. The molecule has 4 rings (SSSR count). The number of hydrogen-bond donors (Lipinski definition) is 1. The van der Waals surface area contributed by atoms with Crippen molar-refractivity contribution < 1.29 is 9.47 Å². The molecule has 3 heterocycles. The summed E-state index contributed by atoms with van der Waals surface area (Å²) < 4.78 is 12.5. The maximum absolute atomic E-state index is 14.0. The van der Waals surface area contributed by atoms with Crippen LogP contribution in [0, 0.1) is 0 Å². The van der Waals surface area contributed by atoms with E-state index in [1.54, 1.807) is 29.9 Å². The van der Waals surface area contributed by atoms with E-state index >= 15 is 0 Å². The van der Waals surface area contributed by atoms with Crippen LogP contribution in [0.15, 0.2) is 35.8 Å². The van der Waals surface area contributed by atoms with E-state index in [4.69, 9.17) is 32.7 Å². The van der Waals surface area contributed by atoms with Crippen LogP contribution in [0.5, 0.6) is 11.5 Å². The van der Waals surface area contributed by atoms with Crippen molar-refractivity contribution in [1.29, 1.82) is 0 Å². The Morgan fingerprint density at radius 1 is 1.22 bits per heavy atom. The summed E-state index contributed by atoms with van der Waals surface area (Å²) in [6, 6.07) is 3.75. The average Bonchev–Trinajstić information content (AvgIpc) is 2.88. The van der Waals surface area contributed by atoms with E-state index in [0.29, 0.717) is 58.7 Å². The highest BCUT2D eigenvalue weighted by molar-refractivity contribution is 6.41. The lowest BCUT2D eigenvalue weighted by atomic mass is 10.0. The minimum Gasteiger partial charge on any atom is -0.495 e. The maximum Gasteiger partial charge on any atom is 0.260 e. The van der Waals surface area contributed by atoms with Gasteiger partial charge in [-0.2, -0.15) is 4.98 Å². The third kappa shape index (κ3) is 5.27. The van der Waals surface area contributed by atoms with Crippen LogP contribution in [0.4, 0.5) is 5.95 Å². The van der Waals surface area contributed by atoms with Gasteiger partial charge in [0.1, 0.15) is 17.1 Å². The number of nitrogens with zero attached hydrogens (tertiary/aromatic N) is 5. The van der Waals surface area contributed by atoms with E-state index < -0.39 is 0 Å². The number of hydrogen-bond acceptors (Lipinski definition) is 8. The van der Waals surface area contributed by atoms with E-state index in [2.05, 4.69) is 38.6 Å². The predicted molar refractivity (Wildman–Crippen MR) is 150 cm³/mol. The van der Waals surface area contributed by atoms with Gasteiger partial charge in [0.15, 0.2) is 0 Å². The Kier molecular flexibility index (Phi) is 8.59. The molecule has 1 fully saturated rings. The second kappa shape index (κ2) is 11.7. The van der Waals surface area contributed by atoms with Gasteiger partial charge in [-0.05, 0) is 12.6 Å². The van der Waals surface area contributed by atoms with E-state index in [1.165, 1.54) is 14.2 Å².